The number of benzene rings is 1. The van der Waals surface area contributed by atoms with Gasteiger partial charge in [0.2, 0.25) is 0 Å². The van der Waals surface area contributed by atoms with E-state index in [9.17, 15) is 0 Å². The van der Waals surface area contributed by atoms with Crippen LogP contribution in [0.2, 0.25) is 0 Å². The van der Waals surface area contributed by atoms with E-state index in [-0.39, 0.29) is 0 Å². The maximum Gasteiger partial charge on any atom is 0.299 e. The Morgan fingerprint density at radius 2 is 2.05 bits per heavy atom. The first-order valence-corrected chi connectivity index (χ1v) is 6.71. The predicted octanol–water partition coefficient (Wildman–Crippen LogP) is 4.19. The van der Waals surface area contributed by atoms with Gasteiger partial charge in [0.15, 0.2) is 0 Å². The minimum atomic E-state index is 0.340. The van der Waals surface area contributed by atoms with Gasteiger partial charge in [-0.2, -0.15) is 4.98 Å². The van der Waals surface area contributed by atoms with Crippen molar-refractivity contribution >= 4 is 23.3 Å². The summed E-state index contributed by atoms with van der Waals surface area (Å²) in [5.74, 6) is 1.71. The minimum Gasteiger partial charge on any atom is -0.493 e. The van der Waals surface area contributed by atoms with Gasteiger partial charge in [-0.15, -0.1) is 11.6 Å². The summed E-state index contributed by atoms with van der Waals surface area (Å²) in [4.78, 5) is 4.17. The van der Waals surface area contributed by atoms with Crippen molar-refractivity contribution in [2.75, 3.05) is 11.9 Å². The lowest BCUT2D eigenvalue weighted by molar-refractivity contribution is 0.271. The van der Waals surface area contributed by atoms with Crippen LogP contribution in [-0.2, 0) is 5.88 Å². The zero-order valence-electron chi connectivity index (χ0n) is 11.0. The standard InChI is InChI=1S/C14H17ClN2O2/c1-10(2)8-18-13-5-3-11(4-6-13)16-14-17-12(7-15)9-19-14/h3-6,9-10H,7-8H2,1-2H3,(H,16,17). The molecule has 1 heterocycles. The Kier molecular flexibility index (Phi) is 4.68. The smallest absolute Gasteiger partial charge is 0.299 e. The van der Waals surface area contributed by atoms with Crippen molar-refractivity contribution in [3.05, 3.63) is 36.2 Å². The van der Waals surface area contributed by atoms with E-state index in [2.05, 4.69) is 24.1 Å². The lowest BCUT2D eigenvalue weighted by Gasteiger charge is -2.09. The van der Waals surface area contributed by atoms with Gasteiger partial charge in [0.05, 0.1) is 18.2 Å². The average Bonchev–Trinajstić information content (AvgIpc) is 2.85. The third-order valence-electron chi connectivity index (χ3n) is 2.38. The van der Waals surface area contributed by atoms with Crippen LogP contribution >= 0.6 is 11.6 Å². The number of anilines is 2. The van der Waals surface area contributed by atoms with Crippen molar-refractivity contribution in [3.63, 3.8) is 0 Å². The van der Waals surface area contributed by atoms with Crippen molar-refractivity contribution in [1.29, 1.82) is 0 Å². The molecule has 102 valence electrons. The lowest BCUT2D eigenvalue weighted by atomic mass is 10.2. The van der Waals surface area contributed by atoms with Gasteiger partial charge >= 0.3 is 0 Å². The van der Waals surface area contributed by atoms with Gasteiger partial charge in [0.1, 0.15) is 12.0 Å². The van der Waals surface area contributed by atoms with Crippen LogP contribution in [0.5, 0.6) is 5.75 Å². The number of halogens is 1. The summed E-state index contributed by atoms with van der Waals surface area (Å²) in [6, 6.07) is 8.10. The largest absolute Gasteiger partial charge is 0.493 e. The number of nitrogens with one attached hydrogen (secondary N) is 1. The second-order valence-corrected chi connectivity index (χ2v) is 4.90. The second-order valence-electron chi connectivity index (χ2n) is 4.63. The molecule has 4 nitrogen and oxygen atoms in total. The second kappa shape index (κ2) is 6.48. The van der Waals surface area contributed by atoms with Crippen LogP contribution < -0.4 is 10.1 Å². The molecule has 0 aliphatic carbocycles. The maximum atomic E-state index is 5.66. The van der Waals surface area contributed by atoms with E-state index in [1.54, 1.807) is 0 Å². The van der Waals surface area contributed by atoms with E-state index in [4.69, 9.17) is 20.8 Å². The highest BCUT2D eigenvalue weighted by atomic mass is 35.5. The van der Waals surface area contributed by atoms with Gasteiger partial charge in [0.25, 0.3) is 6.01 Å². The van der Waals surface area contributed by atoms with Gasteiger partial charge in [-0.3, -0.25) is 0 Å². The Morgan fingerprint density at radius 3 is 2.63 bits per heavy atom. The summed E-state index contributed by atoms with van der Waals surface area (Å²) in [6.45, 7) is 4.95. The topological polar surface area (TPSA) is 47.3 Å². The average molecular weight is 281 g/mol. The van der Waals surface area contributed by atoms with Gasteiger partial charge in [-0.25, -0.2) is 0 Å². The molecule has 2 rings (SSSR count). The highest BCUT2D eigenvalue weighted by Crippen LogP contribution is 2.20. The molecule has 19 heavy (non-hydrogen) atoms. The van der Waals surface area contributed by atoms with Crippen LogP contribution in [0.4, 0.5) is 11.7 Å². The summed E-state index contributed by atoms with van der Waals surface area (Å²) in [5, 5.41) is 3.06. The molecule has 0 unspecified atom stereocenters. The Morgan fingerprint density at radius 1 is 1.32 bits per heavy atom. The fourth-order valence-corrected chi connectivity index (χ4v) is 1.57. The normalized spacial score (nSPS) is 10.7. The predicted molar refractivity (Wildman–Crippen MR) is 76.1 cm³/mol. The van der Waals surface area contributed by atoms with E-state index in [0.717, 1.165) is 11.4 Å². The van der Waals surface area contributed by atoms with Crippen molar-refractivity contribution in [1.82, 2.24) is 4.98 Å². The van der Waals surface area contributed by atoms with E-state index < -0.39 is 0 Å². The molecule has 0 aliphatic heterocycles. The SMILES string of the molecule is CC(C)COc1ccc(Nc2nc(CCl)co2)cc1. The molecule has 1 N–H and O–H groups in total. The summed E-state index contributed by atoms with van der Waals surface area (Å²) in [7, 11) is 0. The number of alkyl halides is 1. The molecule has 0 bridgehead atoms. The molecule has 0 atom stereocenters. The fraction of sp³-hybridized carbons (Fsp3) is 0.357. The van der Waals surface area contributed by atoms with Crippen LogP contribution in [0.3, 0.4) is 0 Å². The molecular weight excluding hydrogens is 264 g/mol. The zero-order valence-corrected chi connectivity index (χ0v) is 11.8. The number of rotatable bonds is 6. The van der Waals surface area contributed by atoms with E-state index in [1.807, 2.05) is 24.3 Å². The number of hydrogen-bond donors (Lipinski definition) is 1. The third kappa shape index (κ3) is 4.17. The molecule has 0 fully saturated rings. The summed E-state index contributed by atoms with van der Waals surface area (Å²) < 4.78 is 10.8. The molecule has 0 aliphatic rings. The first-order chi connectivity index (χ1) is 9.17. The molecule has 0 saturated heterocycles. The molecule has 1 aromatic heterocycles. The number of oxazole rings is 1. The minimum absolute atomic E-state index is 0.340. The van der Waals surface area contributed by atoms with Gasteiger partial charge in [0, 0.05) is 5.69 Å². The molecule has 0 saturated carbocycles. The van der Waals surface area contributed by atoms with Gasteiger partial charge < -0.3 is 14.5 Å². The summed E-state index contributed by atoms with van der Waals surface area (Å²) in [6.07, 6.45) is 1.54. The monoisotopic (exact) mass is 280 g/mol. The summed E-state index contributed by atoms with van der Waals surface area (Å²) in [5.41, 5.74) is 1.60. The molecule has 0 spiro atoms. The van der Waals surface area contributed by atoms with Crippen LogP contribution in [0, 0.1) is 5.92 Å². The van der Waals surface area contributed by atoms with Crippen LogP contribution in [-0.4, -0.2) is 11.6 Å². The highest BCUT2D eigenvalue weighted by Gasteiger charge is 2.03. The molecule has 0 amide bonds. The first kappa shape index (κ1) is 13.7. The van der Waals surface area contributed by atoms with E-state index >= 15 is 0 Å². The summed E-state index contributed by atoms with van der Waals surface area (Å²) >= 11 is 5.66. The Labute approximate surface area is 117 Å². The fourth-order valence-electron chi connectivity index (χ4n) is 1.45. The van der Waals surface area contributed by atoms with Crippen molar-refractivity contribution in [2.45, 2.75) is 19.7 Å². The number of nitrogens with zero attached hydrogens (tertiary/aromatic N) is 1. The Hall–Kier alpha value is -1.68. The number of ether oxygens (including phenoxy) is 1. The van der Waals surface area contributed by atoms with Crippen LogP contribution in [0.1, 0.15) is 19.5 Å². The molecule has 5 heteroatoms. The van der Waals surface area contributed by atoms with E-state index in [1.165, 1.54) is 6.26 Å². The quantitative estimate of drug-likeness (QED) is 0.806. The molecule has 2 aromatic rings. The zero-order chi connectivity index (χ0) is 13.7. The highest BCUT2D eigenvalue weighted by molar-refractivity contribution is 6.16. The van der Waals surface area contributed by atoms with Crippen molar-refractivity contribution in [3.8, 4) is 5.75 Å². The van der Waals surface area contributed by atoms with Crippen LogP contribution in [0.15, 0.2) is 34.9 Å². The molecular formula is C14H17ClN2O2. The third-order valence-corrected chi connectivity index (χ3v) is 2.65. The molecule has 1 aromatic carbocycles. The Balaban J connectivity index is 1.94. The van der Waals surface area contributed by atoms with Gasteiger partial charge in [-0.1, -0.05) is 13.8 Å². The molecule has 0 radical (unpaired) electrons. The van der Waals surface area contributed by atoms with E-state index in [0.29, 0.717) is 30.1 Å². The maximum absolute atomic E-state index is 5.66. The van der Waals surface area contributed by atoms with Crippen molar-refractivity contribution < 1.29 is 9.15 Å². The number of aromatic nitrogens is 1. The van der Waals surface area contributed by atoms with Crippen molar-refractivity contribution in [2.24, 2.45) is 5.92 Å². The lowest BCUT2D eigenvalue weighted by Crippen LogP contribution is -2.04. The van der Waals surface area contributed by atoms with Crippen LogP contribution in [0.25, 0.3) is 0 Å². The Bertz CT molecular complexity index is 508. The number of hydrogen-bond acceptors (Lipinski definition) is 4. The van der Waals surface area contributed by atoms with Gasteiger partial charge in [-0.05, 0) is 30.2 Å². The first-order valence-electron chi connectivity index (χ1n) is 6.17.